The van der Waals surface area contributed by atoms with Gasteiger partial charge < -0.3 is 5.11 Å². The van der Waals surface area contributed by atoms with Gasteiger partial charge in [-0.3, -0.25) is 0 Å². The van der Waals surface area contributed by atoms with E-state index < -0.39 is 0 Å². The van der Waals surface area contributed by atoms with Crippen LogP contribution >= 0.6 is 11.8 Å². The van der Waals surface area contributed by atoms with E-state index in [4.69, 9.17) is 0 Å². The normalized spacial score (nSPS) is 12.4. The largest absolute Gasteiger partial charge is 0.388 e. The Kier molecular flexibility index (Phi) is 5.06. The molecule has 0 spiro atoms. The Morgan fingerprint density at radius 1 is 1.00 bits per heavy atom. The second kappa shape index (κ2) is 6.78. The van der Waals surface area contributed by atoms with Crippen molar-refractivity contribution in [3.63, 3.8) is 0 Å². The van der Waals surface area contributed by atoms with Crippen LogP contribution in [0.5, 0.6) is 0 Å². The first-order chi connectivity index (χ1) is 9.19. The number of benzene rings is 2. The number of aryl methyl sites for hydroxylation is 2. The second-order valence-corrected chi connectivity index (χ2v) is 5.69. The average Bonchev–Trinajstić information content (AvgIpc) is 2.46. The molecule has 0 amide bonds. The van der Waals surface area contributed by atoms with Crippen LogP contribution in [0, 0.1) is 6.92 Å². The third-order valence-electron chi connectivity index (χ3n) is 3.33. The summed E-state index contributed by atoms with van der Waals surface area (Å²) in [4.78, 5) is 1.28. The average molecular weight is 272 g/mol. The smallest absolute Gasteiger partial charge is 0.0793 e. The van der Waals surface area contributed by atoms with Gasteiger partial charge in [-0.15, -0.1) is 11.8 Å². The molecule has 0 heterocycles. The Balaban J connectivity index is 1.92. The molecule has 2 heteroatoms. The summed E-state index contributed by atoms with van der Waals surface area (Å²) < 4.78 is 0. The zero-order chi connectivity index (χ0) is 13.7. The van der Waals surface area contributed by atoms with Crippen LogP contribution in [0.4, 0.5) is 0 Å². The molecule has 1 nitrogen and oxygen atoms in total. The van der Waals surface area contributed by atoms with Crippen LogP contribution in [0.15, 0.2) is 53.4 Å². The third kappa shape index (κ3) is 4.12. The maximum absolute atomic E-state index is 10.2. The molecule has 0 aliphatic rings. The Morgan fingerprint density at radius 2 is 1.63 bits per heavy atom. The summed E-state index contributed by atoms with van der Waals surface area (Å²) in [6.45, 7) is 2.06. The van der Waals surface area contributed by atoms with Crippen LogP contribution in [-0.4, -0.2) is 11.4 Å². The van der Waals surface area contributed by atoms with Crippen molar-refractivity contribution in [2.24, 2.45) is 0 Å². The van der Waals surface area contributed by atoms with Crippen LogP contribution in [0.1, 0.15) is 29.2 Å². The molecule has 0 fully saturated rings. The van der Waals surface area contributed by atoms with Crippen molar-refractivity contribution in [2.45, 2.75) is 30.8 Å². The van der Waals surface area contributed by atoms with E-state index in [-0.39, 0.29) is 6.10 Å². The lowest BCUT2D eigenvalue weighted by molar-refractivity contribution is 0.168. The van der Waals surface area contributed by atoms with Crippen LogP contribution in [0.25, 0.3) is 0 Å². The fraction of sp³-hybridized carbons (Fsp3) is 0.294. The Hall–Kier alpha value is -1.25. The first kappa shape index (κ1) is 14.2. The van der Waals surface area contributed by atoms with Gasteiger partial charge in [0, 0.05) is 4.90 Å². The molecule has 0 saturated carbocycles. The molecule has 1 N–H and O–H groups in total. The summed E-state index contributed by atoms with van der Waals surface area (Å²) in [5.74, 6) is 0. The molecule has 1 unspecified atom stereocenters. The molecule has 0 radical (unpaired) electrons. The first-order valence-corrected chi connectivity index (χ1v) is 7.79. The Labute approximate surface area is 119 Å². The molecule has 1 atom stereocenters. The van der Waals surface area contributed by atoms with Crippen molar-refractivity contribution in [2.75, 3.05) is 6.26 Å². The highest BCUT2D eigenvalue weighted by Crippen LogP contribution is 2.21. The molecule has 0 aliphatic heterocycles. The standard InChI is InChI=1S/C17H20OS/c1-13-3-8-15(9-4-13)17(18)12-7-14-5-10-16(19-2)11-6-14/h3-6,8-11,17-18H,7,12H2,1-2H3. The minimum absolute atomic E-state index is 0.374. The molecule has 0 saturated heterocycles. The van der Waals surface area contributed by atoms with Crippen molar-refractivity contribution in [1.29, 1.82) is 0 Å². The van der Waals surface area contributed by atoms with Gasteiger partial charge in [-0.1, -0.05) is 42.0 Å². The number of thioether (sulfide) groups is 1. The van der Waals surface area contributed by atoms with Gasteiger partial charge in [0.25, 0.3) is 0 Å². The molecule has 2 aromatic rings. The van der Waals surface area contributed by atoms with Crippen molar-refractivity contribution in [3.8, 4) is 0 Å². The fourth-order valence-electron chi connectivity index (χ4n) is 2.05. The van der Waals surface area contributed by atoms with Gasteiger partial charge >= 0.3 is 0 Å². The van der Waals surface area contributed by atoms with E-state index in [9.17, 15) is 5.11 Å². The highest BCUT2D eigenvalue weighted by molar-refractivity contribution is 7.98. The molecule has 19 heavy (non-hydrogen) atoms. The minimum atomic E-state index is -0.374. The first-order valence-electron chi connectivity index (χ1n) is 6.56. The fourth-order valence-corrected chi connectivity index (χ4v) is 2.46. The highest BCUT2D eigenvalue weighted by atomic mass is 32.2. The zero-order valence-corrected chi connectivity index (χ0v) is 12.3. The number of hydrogen-bond donors (Lipinski definition) is 1. The van der Waals surface area contributed by atoms with Gasteiger partial charge in [-0.2, -0.15) is 0 Å². The lowest BCUT2D eigenvalue weighted by atomic mass is 10.0. The van der Waals surface area contributed by atoms with Gasteiger partial charge in [0.2, 0.25) is 0 Å². The quantitative estimate of drug-likeness (QED) is 0.815. The van der Waals surface area contributed by atoms with Crippen molar-refractivity contribution < 1.29 is 5.11 Å². The molecular weight excluding hydrogens is 252 g/mol. The van der Waals surface area contributed by atoms with Gasteiger partial charge in [-0.25, -0.2) is 0 Å². The summed E-state index contributed by atoms with van der Waals surface area (Å²) in [6.07, 6.45) is 3.38. The molecular formula is C17H20OS. The zero-order valence-electron chi connectivity index (χ0n) is 11.5. The summed E-state index contributed by atoms with van der Waals surface area (Å²) in [5.41, 5.74) is 3.51. The SMILES string of the molecule is CSc1ccc(CCC(O)c2ccc(C)cc2)cc1. The van der Waals surface area contributed by atoms with E-state index in [1.807, 2.05) is 24.3 Å². The summed E-state index contributed by atoms with van der Waals surface area (Å²) in [7, 11) is 0. The van der Waals surface area contributed by atoms with Crippen LogP contribution < -0.4 is 0 Å². The monoisotopic (exact) mass is 272 g/mol. The second-order valence-electron chi connectivity index (χ2n) is 4.81. The van der Waals surface area contributed by atoms with E-state index in [2.05, 4.69) is 37.4 Å². The van der Waals surface area contributed by atoms with E-state index in [0.717, 1.165) is 18.4 Å². The summed E-state index contributed by atoms with van der Waals surface area (Å²) in [6, 6.07) is 16.7. The molecule has 100 valence electrons. The predicted octanol–water partition coefficient (Wildman–Crippen LogP) is 4.38. The molecule has 2 aromatic carbocycles. The maximum atomic E-state index is 10.2. The maximum Gasteiger partial charge on any atom is 0.0793 e. The van der Waals surface area contributed by atoms with E-state index in [1.165, 1.54) is 16.0 Å². The van der Waals surface area contributed by atoms with E-state index in [1.54, 1.807) is 11.8 Å². The topological polar surface area (TPSA) is 20.2 Å². The van der Waals surface area contributed by atoms with E-state index >= 15 is 0 Å². The Morgan fingerprint density at radius 3 is 2.21 bits per heavy atom. The molecule has 2 rings (SSSR count). The van der Waals surface area contributed by atoms with Crippen molar-refractivity contribution >= 4 is 11.8 Å². The number of aliphatic hydroxyl groups is 1. The van der Waals surface area contributed by atoms with Gasteiger partial charge in [0.05, 0.1) is 6.10 Å². The minimum Gasteiger partial charge on any atom is -0.388 e. The third-order valence-corrected chi connectivity index (χ3v) is 4.07. The van der Waals surface area contributed by atoms with Crippen molar-refractivity contribution in [1.82, 2.24) is 0 Å². The summed E-state index contributed by atoms with van der Waals surface area (Å²) >= 11 is 1.75. The number of hydrogen-bond acceptors (Lipinski definition) is 2. The van der Waals surface area contributed by atoms with Gasteiger partial charge in [-0.05, 0) is 49.3 Å². The summed E-state index contributed by atoms with van der Waals surface area (Å²) in [5, 5.41) is 10.2. The Bertz CT molecular complexity index is 502. The van der Waals surface area contributed by atoms with Gasteiger partial charge in [0.1, 0.15) is 0 Å². The molecule has 0 bridgehead atoms. The lowest BCUT2D eigenvalue weighted by Gasteiger charge is -2.11. The van der Waals surface area contributed by atoms with Crippen molar-refractivity contribution in [3.05, 3.63) is 65.2 Å². The van der Waals surface area contributed by atoms with Crippen LogP contribution in [-0.2, 0) is 6.42 Å². The van der Waals surface area contributed by atoms with Crippen LogP contribution in [0.2, 0.25) is 0 Å². The van der Waals surface area contributed by atoms with E-state index in [0.29, 0.717) is 0 Å². The molecule has 0 aromatic heterocycles. The number of rotatable bonds is 5. The van der Waals surface area contributed by atoms with Crippen LogP contribution in [0.3, 0.4) is 0 Å². The van der Waals surface area contributed by atoms with Gasteiger partial charge in [0.15, 0.2) is 0 Å². The number of aliphatic hydroxyl groups excluding tert-OH is 1. The highest BCUT2D eigenvalue weighted by Gasteiger charge is 2.07. The molecule has 0 aliphatic carbocycles. The lowest BCUT2D eigenvalue weighted by Crippen LogP contribution is -1.99. The predicted molar refractivity (Wildman–Crippen MR) is 82.7 cm³/mol.